The number of alkyl halides is 3. The number of aryl methyl sites for hydroxylation is 2. The van der Waals surface area contributed by atoms with Crippen LogP contribution in [0.2, 0.25) is 0 Å². The zero-order valence-corrected chi connectivity index (χ0v) is 21.8. The third-order valence-corrected chi connectivity index (χ3v) is 6.42. The maximum Gasteiger partial charge on any atom is 0.417 e. The van der Waals surface area contributed by atoms with E-state index < -0.39 is 34.7 Å². The van der Waals surface area contributed by atoms with E-state index in [0.29, 0.717) is 12.1 Å². The summed E-state index contributed by atoms with van der Waals surface area (Å²) in [6.45, 7) is 1.64. The van der Waals surface area contributed by atoms with E-state index >= 15 is 0 Å². The molecular formula is C30H23F3N4O4. The van der Waals surface area contributed by atoms with Crippen molar-refractivity contribution in [1.29, 1.82) is 0 Å². The molecule has 5 aromatic rings. The Labute approximate surface area is 231 Å². The number of pyridine rings is 2. The maximum atomic E-state index is 13.7. The van der Waals surface area contributed by atoms with Gasteiger partial charge < -0.3 is 9.30 Å². The van der Waals surface area contributed by atoms with Gasteiger partial charge in [0.15, 0.2) is 5.49 Å². The maximum absolute atomic E-state index is 13.7. The van der Waals surface area contributed by atoms with Crippen LogP contribution < -0.4 is 11.0 Å². The molecule has 0 spiro atoms. The molecule has 11 heteroatoms. The highest BCUT2D eigenvalue weighted by Gasteiger charge is 2.35. The number of hydrogen-bond donors (Lipinski definition) is 0. The molecule has 0 saturated heterocycles. The average Bonchev–Trinajstić information content (AvgIpc) is 2.96. The zero-order valence-electron chi connectivity index (χ0n) is 21.8. The largest absolute Gasteiger partial charge is 0.462 e. The van der Waals surface area contributed by atoms with Gasteiger partial charge in [-0.05, 0) is 49.2 Å². The fraction of sp³-hybridized carbons (Fsp3) is 0.167. The number of halogens is 3. The Hall–Kier alpha value is -5.06. The Balaban J connectivity index is 1.85. The second kappa shape index (κ2) is 11.2. The van der Waals surface area contributed by atoms with Crippen LogP contribution in [-0.4, -0.2) is 32.4 Å². The van der Waals surface area contributed by atoms with E-state index in [-0.39, 0.29) is 35.2 Å². The third kappa shape index (κ3) is 5.51. The van der Waals surface area contributed by atoms with Gasteiger partial charge in [-0.25, -0.2) is 9.78 Å². The first-order valence-electron chi connectivity index (χ1n) is 12.7. The standard InChI is InChI=1S/C30H23F3N4O4/c1-2-41-29(40)22-18-21-25(34-24-14-8-9-16-36(24)28(21)39)37(17-15-19-10-4-3-5-11-19)26(22)35-27(38)20-12-6-7-13-23(20)30(31,32)33/h3-14,16,18H,2,15,17H2,1H3. The van der Waals surface area contributed by atoms with E-state index in [4.69, 9.17) is 4.74 Å². The molecule has 1 amide bonds. The van der Waals surface area contributed by atoms with Crippen molar-refractivity contribution in [3.05, 3.63) is 123 Å². The highest BCUT2D eigenvalue weighted by molar-refractivity contribution is 5.98. The summed E-state index contributed by atoms with van der Waals surface area (Å²) in [5, 5.41) is 0.0481. The average molecular weight is 561 g/mol. The van der Waals surface area contributed by atoms with Gasteiger partial charge in [0, 0.05) is 12.7 Å². The van der Waals surface area contributed by atoms with E-state index in [2.05, 4.69) is 9.98 Å². The molecule has 41 heavy (non-hydrogen) atoms. The molecule has 0 radical (unpaired) electrons. The number of hydrogen-bond acceptors (Lipinski definition) is 5. The number of nitrogens with zero attached hydrogens (tertiary/aromatic N) is 4. The number of fused-ring (bicyclic) bond motifs is 2. The van der Waals surface area contributed by atoms with Gasteiger partial charge in [0.25, 0.3) is 11.5 Å². The highest BCUT2D eigenvalue weighted by Crippen LogP contribution is 2.32. The monoisotopic (exact) mass is 560 g/mol. The minimum atomic E-state index is -4.81. The van der Waals surface area contributed by atoms with Crippen LogP contribution in [0.5, 0.6) is 0 Å². The number of esters is 1. The van der Waals surface area contributed by atoms with Crippen molar-refractivity contribution in [2.24, 2.45) is 4.99 Å². The summed E-state index contributed by atoms with van der Waals surface area (Å²) in [5.74, 6) is -2.11. The van der Waals surface area contributed by atoms with Gasteiger partial charge in [-0.2, -0.15) is 18.2 Å². The molecule has 0 bridgehead atoms. The number of carbonyl (C=O) groups is 2. The van der Waals surface area contributed by atoms with Crippen molar-refractivity contribution in [2.45, 2.75) is 26.1 Å². The van der Waals surface area contributed by atoms with Crippen LogP contribution in [0.4, 0.5) is 13.2 Å². The summed E-state index contributed by atoms with van der Waals surface area (Å²) in [6, 6.07) is 19.7. The van der Waals surface area contributed by atoms with Crippen LogP contribution in [0.25, 0.3) is 16.7 Å². The molecule has 0 saturated carbocycles. The SMILES string of the molecule is CCOC(=O)c1cc2c(=O)n3ccccc3nc2n(CCc2ccccc2)c1=NC(=O)c1ccccc1C(F)(F)F. The van der Waals surface area contributed by atoms with Crippen molar-refractivity contribution in [2.75, 3.05) is 6.61 Å². The molecule has 5 rings (SSSR count). The van der Waals surface area contributed by atoms with Crippen molar-refractivity contribution in [3.8, 4) is 0 Å². The normalized spacial score (nSPS) is 12.1. The topological polar surface area (TPSA) is 95.0 Å². The number of ether oxygens (including phenoxy) is 1. The predicted molar refractivity (Wildman–Crippen MR) is 144 cm³/mol. The first-order valence-corrected chi connectivity index (χ1v) is 12.7. The smallest absolute Gasteiger partial charge is 0.417 e. The van der Waals surface area contributed by atoms with Gasteiger partial charge in [0.05, 0.1) is 23.1 Å². The number of carbonyl (C=O) groups excluding carboxylic acids is 2. The van der Waals surface area contributed by atoms with Crippen LogP contribution in [0.1, 0.15) is 38.8 Å². The van der Waals surface area contributed by atoms with Crippen molar-refractivity contribution in [1.82, 2.24) is 14.0 Å². The van der Waals surface area contributed by atoms with Gasteiger partial charge in [-0.1, -0.05) is 48.5 Å². The Morgan fingerprint density at radius 3 is 2.39 bits per heavy atom. The van der Waals surface area contributed by atoms with Crippen LogP contribution >= 0.6 is 0 Å². The predicted octanol–water partition coefficient (Wildman–Crippen LogP) is 4.83. The molecule has 3 heterocycles. The fourth-order valence-corrected chi connectivity index (χ4v) is 4.53. The molecule has 0 aliphatic heterocycles. The van der Waals surface area contributed by atoms with Crippen molar-refractivity contribution >= 4 is 28.6 Å². The lowest BCUT2D eigenvalue weighted by Crippen LogP contribution is -2.33. The van der Waals surface area contributed by atoms with E-state index in [1.165, 1.54) is 33.4 Å². The molecule has 0 fully saturated rings. The Bertz CT molecular complexity index is 1910. The molecule has 208 valence electrons. The summed E-state index contributed by atoms with van der Waals surface area (Å²) in [6.07, 6.45) is -2.91. The van der Waals surface area contributed by atoms with Crippen LogP contribution in [-0.2, 0) is 23.9 Å². The minimum absolute atomic E-state index is 0.0276. The molecule has 8 nitrogen and oxygen atoms in total. The summed E-state index contributed by atoms with van der Waals surface area (Å²) in [5.41, 5.74) is -1.54. The number of amides is 1. The minimum Gasteiger partial charge on any atom is -0.462 e. The molecule has 0 aliphatic carbocycles. The highest BCUT2D eigenvalue weighted by atomic mass is 19.4. The third-order valence-electron chi connectivity index (χ3n) is 6.42. The van der Waals surface area contributed by atoms with E-state index in [1.54, 1.807) is 25.1 Å². The van der Waals surface area contributed by atoms with Crippen LogP contribution in [0.15, 0.2) is 94.8 Å². The summed E-state index contributed by atoms with van der Waals surface area (Å²) < 4.78 is 49.1. The molecule has 2 aromatic carbocycles. The quantitative estimate of drug-likeness (QED) is 0.219. The molecule has 0 unspecified atom stereocenters. The zero-order chi connectivity index (χ0) is 29.1. The van der Waals surface area contributed by atoms with Gasteiger partial charge >= 0.3 is 12.1 Å². The van der Waals surface area contributed by atoms with Gasteiger partial charge in [0.2, 0.25) is 0 Å². The lowest BCUT2D eigenvalue weighted by atomic mass is 10.1. The summed E-state index contributed by atoms with van der Waals surface area (Å²) in [7, 11) is 0. The second-order valence-electron chi connectivity index (χ2n) is 9.03. The van der Waals surface area contributed by atoms with Crippen molar-refractivity contribution < 1.29 is 27.5 Å². The molecular weight excluding hydrogens is 537 g/mol. The Kier molecular flexibility index (Phi) is 7.52. The lowest BCUT2D eigenvalue weighted by Gasteiger charge is -2.16. The Morgan fingerprint density at radius 2 is 1.66 bits per heavy atom. The summed E-state index contributed by atoms with van der Waals surface area (Å²) >= 11 is 0. The Morgan fingerprint density at radius 1 is 0.951 bits per heavy atom. The number of rotatable bonds is 6. The first kappa shape index (κ1) is 27.5. The van der Waals surface area contributed by atoms with Crippen LogP contribution in [0.3, 0.4) is 0 Å². The van der Waals surface area contributed by atoms with Crippen LogP contribution in [0, 0.1) is 0 Å². The van der Waals surface area contributed by atoms with E-state index in [1.807, 2.05) is 30.3 Å². The van der Waals surface area contributed by atoms with Crippen molar-refractivity contribution in [3.63, 3.8) is 0 Å². The second-order valence-corrected chi connectivity index (χ2v) is 9.03. The van der Waals surface area contributed by atoms with E-state index in [0.717, 1.165) is 17.7 Å². The van der Waals surface area contributed by atoms with E-state index in [9.17, 15) is 27.6 Å². The summed E-state index contributed by atoms with van der Waals surface area (Å²) in [4.78, 5) is 48.6. The molecule has 0 N–H and O–H groups in total. The molecule has 0 atom stereocenters. The molecule has 0 aliphatic rings. The van der Waals surface area contributed by atoms with Gasteiger partial charge in [-0.15, -0.1) is 0 Å². The lowest BCUT2D eigenvalue weighted by molar-refractivity contribution is -0.137. The number of benzene rings is 2. The van der Waals surface area contributed by atoms with Gasteiger partial charge in [-0.3, -0.25) is 14.0 Å². The van der Waals surface area contributed by atoms with Gasteiger partial charge in [0.1, 0.15) is 16.9 Å². The fourth-order valence-electron chi connectivity index (χ4n) is 4.53. The number of aromatic nitrogens is 3. The molecule has 3 aromatic heterocycles. The first-order chi connectivity index (χ1) is 19.7.